The summed E-state index contributed by atoms with van der Waals surface area (Å²) in [7, 11) is -4.08. The van der Waals surface area contributed by atoms with E-state index in [1.807, 2.05) is 0 Å². The minimum atomic E-state index is -4.08. The molecule has 0 saturated heterocycles. The standard InChI is InChI=1S/C20H21ClFN3O6S/c1-11(25-32(29,30)16-7-4-14(5-8-16)23-13(3)26)20(28)31-12(2)19(27)24-15-6-9-18(22)17(21)10-15/h4-12,25H,1-3H3,(H,23,26)(H,24,27)/t11-,12?/m0/s1. The Hall–Kier alpha value is -3.02. The lowest BCUT2D eigenvalue weighted by atomic mass is 10.3. The fourth-order valence-corrected chi connectivity index (χ4v) is 3.79. The van der Waals surface area contributed by atoms with Gasteiger partial charge in [0.2, 0.25) is 15.9 Å². The van der Waals surface area contributed by atoms with Crippen LogP contribution in [0.25, 0.3) is 0 Å². The zero-order valence-electron chi connectivity index (χ0n) is 17.3. The van der Waals surface area contributed by atoms with E-state index in [1.165, 1.54) is 57.2 Å². The van der Waals surface area contributed by atoms with Crippen molar-refractivity contribution in [3.8, 4) is 0 Å². The van der Waals surface area contributed by atoms with Crippen LogP contribution in [0.15, 0.2) is 47.4 Å². The number of sulfonamides is 1. The quantitative estimate of drug-likeness (QED) is 0.493. The van der Waals surface area contributed by atoms with Crippen molar-refractivity contribution in [1.82, 2.24) is 4.72 Å². The number of hydrogen-bond acceptors (Lipinski definition) is 6. The van der Waals surface area contributed by atoms with Crippen LogP contribution in [0.4, 0.5) is 15.8 Å². The largest absolute Gasteiger partial charge is 0.451 e. The van der Waals surface area contributed by atoms with E-state index in [2.05, 4.69) is 15.4 Å². The summed E-state index contributed by atoms with van der Waals surface area (Å²) in [6.45, 7) is 3.87. The number of carbonyl (C=O) groups is 3. The number of halogens is 2. The fraction of sp³-hybridized carbons (Fsp3) is 0.250. The van der Waals surface area contributed by atoms with E-state index in [0.29, 0.717) is 5.69 Å². The maximum atomic E-state index is 13.2. The van der Waals surface area contributed by atoms with Crippen molar-refractivity contribution in [2.45, 2.75) is 37.8 Å². The van der Waals surface area contributed by atoms with Gasteiger partial charge in [0.15, 0.2) is 6.10 Å². The van der Waals surface area contributed by atoms with Crippen LogP contribution in [0.3, 0.4) is 0 Å². The van der Waals surface area contributed by atoms with Gasteiger partial charge < -0.3 is 15.4 Å². The first-order chi connectivity index (χ1) is 14.9. The molecule has 9 nitrogen and oxygen atoms in total. The summed E-state index contributed by atoms with van der Waals surface area (Å²) < 4.78 is 45.3. The van der Waals surface area contributed by atoms with Gasteiger partial charge in [-0.3, -0.25) is 14.4 Å². The van der Waals surface area contributed by atoms with Gasteiger partial charge in [-0.1, -0.05) is 11.6 Å². The normalized spacial score (nSPS) is 13.0. The molecule has 0 saturated carbocycles. The van der Waals surface area contributed by atoms with Crippen molar-refractivity contribution in [2.24, 2.45) is 0 Å². The molecule has 3 N–H and O–H groups in total. The minimum absolute atomic E-state index is 0.134. The monoisotopic (exact) mass is 485 g/mol. The van der Waals surface area contributed by atoms with Crippen LogP contribution in [0.2, 0.25) is 5.02 Å². The third kappa shape index (κ3) is 7.01. The number of carbonyl (C=O) groups excluding carboxylic acids is 3. The summed E-state index contributed by atoms with van der Waals surface area (Å²) in [5.41, 5.74) is 0.604. The van der Waals surface area contributed by atoms with Gasteiger partial charge in [0, 0.05) is 18.3 Å². The van der Waals surface area contributed by atoms with Crippen molar-refractivity contribution in [1.29, 1.82) is 0 Å². The predicted octanol–water partition coefficient (Wildman–Crippen LogP) is 2.67. The third-order valence-electron chi connectivity index (χ3n) is 4.02. The van der Waals surface area contributed by atoms with E-state index in [9.17, 15) is 27.2 Å². The first-order valence-electron chi connectivity index (χ1n) is 9.25. The van der Waals surface area contributed by atoms with Crippen molar-refractivity contribution >= 4 is 50.8 Å². The molecular formula is C20H21ClFN3O6S. The Morgan fingerprint density at radius 2 is 1.59 bits per heavy atom. The summed E-state index contributed by atoms with van der Waals surface area (Å²) >= 11 is 5.65. The second kappa shape index (κ2) is 10.5. The lowest BCUT2D eigenvalue weighted by Crippen LogP contribution is -2.42. The molecule has 2 amide bonds. The summed E-state index contributed by atoms with van der Waals surface area (Å²) in [4.78, 5) is 35.3. The minimum Gasteiger partial charge on any atom is -0.451 e. The highest BCUT2D eigenvalue weighted by Crippen LogP contribution is 2.20. The van der Waals surface area contributed by atoms with E-state index in [0.717, 1.165) is 6.07 Å². The van der Waals surface area contributed by atoms with E-state index in [-0.39, 0.29) is 21.5 Å². The molecule has 0 spiro atoms. The predicted molar refractivity (Wildman–Crippen MR) is 116 cm³/mol. The van der Waals surface area contributed by atoms with Crippen LogP contribution in [-0.4, -0.2) is 38.3 Å². The molecule has 0 radical (unpaired) electrons. The Bertz CT molecular complexity index is 1120. The smallest absolute Gasteiger partial charge is 0.324 e. The molecule has 0 aliphatic carbocycles. The maximum absolute atomic E-state index is 13.2. The molecule has 0 bridgehead atoms. The summed E-state index contributed by atoms with van der Waals surface area (Å²) in [5.74, 6) is -2.67. The van der Waals surface area contributed by atoms with Crippen molar-refractivity contribution < 1.29 is 31.9 Å². The summed E-state index contributed by atoms with van der Waals surface area (Å²) in [6, 6.07) is 7.55. The topological polar surface area (TPSA) is 131 Å². The molecule has 1 unspecified atom stereocenters. The molecule has 172 valence electrons. The number of rotatable bonds is 8. The third-order valence-corrected chi connectivity index (χ3v) is 5.87. The number of esters is 1. The van der Waals surface area contributed by atoms with Gasteiger partial charge in [-0.2, -0.15) is 4.72 Å². The Balaban J connectivity index is 1.96. The number of anilines is 2. The van der Waals surface area contributed by atoms with Gasteiger partial charge in [0.05, 0.1) is 9.92 Å². The van der Waals surface area contributed by atoms with Crippen LogP contribution in [0.5, 0.6) is 0 Å². The van der Waals surface area contributed by atoms with Crippen LogP contribution < -0.4 is 15.4 Å². The molecule has 2 aromatic carbocycles. The van der Waals surface area contributed by atoms with Gasteiger partial charge in [0.25, 0.3) is 5.91 Å². The van der Waals surface area contributed by atoms with Gasteiger partial charge in [0.1, 0.15) is 11.9 Å². The molecule has 2 aromatic rings. The first kappa shape index (κ1) is 25.2. The highest BCUT2D eigenvalue weighted by molar-refractivity contribution is 7.89. The van der Waals surface area contributed by atoms with Crippen LogP contribution in [-0.2, 0) is 29.1 Å². The number of hydrogen-bond donors (Lipinski definition) is 3. The van der Waals surface area contributed by atoms with Crippen LogP contribution >= 0.6 is 11.6 Å². The maximum Gasteiger partial charge on any atom is 0.324 e. The number of amides is 2. The lowest BCUT2D eigenvalue weighted by Gasteiger charge is -2.18. The second-order valence-electron chi connectivity index (χ2n) is 6.75. The highest BCUT2D eigenvalue weighted by atomic mass is 35.5. The molecule has 32 heavy (non-hydrogen) atoms. The molecule has 0 aromatic heterocycles. The van der Waals surface area contributed by atoms with Gasteiger partial charge in [-0.15, -0.1) is 0 Å². The molecular weight excluding hydrogens is 465 g/mol. The lowest BCUT2D eigenvalue weighted by molar-refractivity contribution is -0.154. The molecule has 12 heteroatoms. The van der Waals surface area contributed by atoms with Crippen molar-refractivity contribution in [3.05, 3.63) is 53.3 Å². The zero-order valence-corrected chi connectivity index (χ0v) is 18.9. The number of ether oxygens (including phenoxy) is 1. The summed E-state index contributed by atoms with van der Waals surface area (Å²) in [5, 5.41) is 4.72. The first-order valence-corrected chi connectivity index (χ1v) is 11.1. The Morgan fingerprint density at radius 1 is 1.00 bits per heavy atom. The Kier molecular flexibility index (Phi) is 8.31. The molecule has 0 aliphatic heterocycles. The molecule has 2 rings (SSSR count). The second-order valence-corrected chi connectivity index (χ2v) is 8.87. The number of benzene rings is 2. The SMILES string of the molecule is CC(=O)Nc1ccc(S(=O)(=O)N[C@@H](C)C(=O)OC(C)C(=O)Nc2ccc(F)c(Cl)c2)cc1. The van der Waals surface area contributed by atoms with E-state index < -0.39 is 39.9 Å². The molecule has 0 heterocycles. The van der Waals surface area contributed by atoms with Gasteiger partial charge in [-0.05, 0) is 56.3 Å². The highest BCUT2D eigenvalue weighted by Gasteiger charge is 2.26. The zero-order chi connectivity index (χ0) is 24.1. The van der Waals surface area contributed by atoms with E-state index in [4.69, 9.17) is 16.3 Å². The Labute approximate surface area is 189 Å². The van der Waals surface area contributed by atoms with Gasteiger partial charge in [-0.25, -0.2) is 12.8 Å². The molecule has 2 atom stereocenters. The fourth-order valence-electron chi connectivity index (χ4n) is 2.42. The van der Waals surface area contributed by atoms with Gasteiger partial charge >= 0.3 is 5.97 Å². The van der Waals surface area contributed by atoms with Crippen LogP contribution in [0, 0.1) is 5.82 Å². The van der Waals surface area contributed by atoms with E-state index >= 15 is 0 Å². The average Bonchev–Trinajstić information content (AvgIpc) is 2.70. The van der Waals surface area contributed by atoms with Crippen molar-refractivity contribution in [3.63, 3.8) is 0 Å². The number of nitrogens with one attached hydrogen (secondary N) is 3. The molecule has 0 fully saturated rings. The van der Waals surface area contributed by atoms with Crippen molar-refractivity contribution in [2.75, 3.05) is 10.6 Å². The van der Waals surface area contributed by atoms with E-state index in [1.54, 1.807) is 0 Å². The average molecular weight is 486 g/mol. The molecule has 0 aliphatic rings. The Morgan fingerprint density at radius 3 is 2.16 bits per heavy atom. The summed E-state index contributed by atoms with van der Waals surface area (Å²) in [6.07, 6.45) is -1.27. The van der Waals surface area contributed by atoms with Crippen LogP contribution in [0.1, 0.15) is 20.8 Å².